The Morgan fingerprint density at radius 3 is 2.56 bits per heavy atom. The van der Waals surface area contributed by atoms with Gasteiger partial charge in [0.15, 0.2) is 0 Å². The second kappa shape index (κ2) is 5.69. The molecule has 1 atom stereocenters. The van der Waals surface area contributed by atoms with Gasteiger partial charge in [-0.1, -0.05) is 18.9 Å². The van der Waals surface area contributed by atoms with Crippen molar-refractivity contribution >= 4 is 0 Å². The lowest BCUT2D eigenvalue weighted by Crippen LogP contribution is -2.23. The first-order valence-electron chi connectivity index (χ1n) is 6.15. The Balaban J connectivity index is 2.08. The van der Waals surface area contributed by atoms with Crippen LogP contribution in [0.5, 0.6) is 0 Å². The molecule has 0 spiro atoms. The van der Waals surface area contributed by atoms with Crippen LogP contribution in [-0.2, 0) is 4.74 Å². The third-order valence-corrected chi connectivity index (χ3v) is 3.23. The van der Waals surface area contributed by atoms with Crippen molar-refractivity contribution in [3.63, 3.8) is 0 Å². The van der Waals surface area contributed by atoms with Crippen LogP contribution in [0.15, 0.2) is 24.4 Å². The maximum atomic E-state index is 12.3. The highest BCUT2D eigenvalue weighted by Gasteiger charge is 2.34. The Morgan fingerprint density at radius 2 is 2.00 bits per heavy atom. The molecule has 0 radical (unpaired) electrons. The largest absolute Gasteiger partial charge is 0.411 e. The molecule has 1 heterocycles. The molecule has 0 saturated heterocycles. The van der Waals surface area contributed by atoms with Gasteiger partial charge in [-0.25, -0.2) is 0 Å². The first-order valence-corrected chi connectivity index (χ1v) is 6.15. The molecule has 1 unspecified atom stereocenters. The average molecular weight is 259 g/mol. The van der Waals surface area contributed by atoms with Crippen molar-refractivity contribution in [2.45, 2.75) is 38.0 Å². The van der Waals surface area contributed by atoms with E-state index < -0.39 is 18.9 Å². The summed E-state index contributed by atoms with van der Waals surface area (Å²) in [6, 6.07) is 5.26. The molecule has 0 N–H and O–H groups in total. The summed E-state index contributed by atoms with van der Waals surface area (Å²) in [4.78, 5) is 4.13. The summed E-state index contributed by atoms with van der Waals surface area (Å²) in [5.41, 5.74) is 0.605. The van der Waals surface area contributed by atoms with Gasteiger partial charge in [-0.2, -0.15) is 13.2 Å². The molecule has 100 valence electrons. The van der Waals surface area contributed by atoms with Crippen LogP contribution in [0.1, 0.15) is 37.5 Å². The second-order valence-corrected chi connectivity index (χ2v) is 4.65. The van der Waals surface area contributed by atoms with E-state index in [0.717, 1.165) is 25.7 Å². The fourth-order valence-electron chi connectivity index (χ4n) is 2.45. The standard InChI is InChI=1S/C13H16F3NO/c14-13(15,16)9-18-12(10-5-1-2-6-10)11-7-3-4-8-17-11/h3-4,7-8,10,12H,1-2,5-6,9H2. The van der Waals surface area contributed by atoms with Crippen LogP contribution < -0.4 is 0 Å². The van der Waals surface area contributed by atoms with E-state index in [1.54, 1.807) is 24.4 Å². The van der Waals surface area contributed by atoms with Crippen molar-refractivity contribution in [1.82, 2.24) is 4.98 Å². The van der Waals surface area contributed by atoms with Gasteiger partial charge < -0.3 is 4.74 Å². The number of pyridine rings is 1. The molecule has 1 aromatic heterocycles. The summed E-state index contributed by atoms with van der Waals surface area (Å²) < 4.78 is 41.9. The van der Waals surface area contributed by atoms with Gasteiger partial charge in [0, 0.05) is 6.20 Å². The molecule has 2 nitrogen and oxygen atoms in total. The lowest BCUT2D eigenvalue weighted by atomic mass is 9.97. The first kappa shape index (κ1) is 13.3. The monoisotopic (exact) mass is 259 g/mol. The number of hydrogen-bond donors (Lipinski definition) is 0. The number of aromatic nitrogens is 1. The average Bonchev–Trinajstić information content (AvgIpc) is 2.83. The fourth-order valence-corrected chi connectivity index (χ4v) is 2.45. The van der Waals surface area contributed by atoms with E-state index in [9.17, 15) is 13.2 Å². The van der Waals surface area contributed by atoms with Crippen LogP contribution in [0.2, 0.25) is 0 Å². The smallest absolute Gasteiger partial charge is 0.362 e. The Bertz CT molecular complexity index is 360. The van der Waals surface area contributed by atoms with Crippen molar-refractivity contribution in [2.75, 3.05) is 6.61 Å². The summed E-state index contributed by atoms with van der Waals surface area (Å²) in [6.07, 6.45) is 0.723. The maximum Gasteiger partial charge on any atom is 0.411 e. The van der Waals surface area contributed by atoms with Gasteiger partial charge in [0.2, 0.25) is 0 Å². The zero-order valence-electron chi connectivity index (χ0n) is 9.99. The van der Waals surface area contributed by atoms with Gasteiger partial charge in [-0.15, -0.1) is 0 Å². The van der Waals surface area contributed by atoms with Gasteiger partial charge in [-0.05, 0) is 30.9 Å². The molecule has 0 aliphatic heterocycles. The molecule has 2 rings (SSSR count). The van der Waals surface area contributed by atoms with Crippen molar-refractivity contribution in [3.05, 3.63) is 30.1 Å². The SMILES string of the molecule is FC(F)(F)COC(c1ccccn1)C1CCCC1. The van der Waals surface area contributed by atoms with E-state index in [1.807, 2.05) is 0 Å². The predicted molar refractivity (Wildman–Crippen MR) is 60.9 cm³/mol. The number of ether oxygens (including phenoxy) is 1. The summed E-state index contributed by atoms with van der Waals surface area (Å²) in [5.74, 6) is 0.155. The van der Waals surface area contributed by atoms with Crippen LogP contribution in [0.25, 0.3) is 0 Å². The minimum absolute atomic E-state index is 0.155. The van der Waals surface area contributed by atoms with Crippen LogP contribution in [0.3, 0.4) is 0 Å². The quantitative estimate of drug-likeness (QED) is 0.818. The molecule has 1 saturated carbocycles. The number of alkyl halides is 3. The molecule has 0 aromatic carbocycles. The highest BCUT2D eigenvalue weighted by atomic mass is 19.4. The molecule has 1 fully saturated rings. The van der Waals surface area contributed by atoms with Crippen LogP contribution in [-0.4, -0.2) is 17.8 Å². The van der Waals surface area contributed by atoms with E-state index in [4.69, 9.17) is 4.74 Å². The zero-order chi connectivity index (χ0) is 13.0. The zero-order valence-corrected chi connectivity index (χ0v) is 9.99. The van der Waals surface area contributed by atoms with Crippen molar-refractivity contribution < 1.29 is 17.9 Å². The third-order valence-electron chi connectivity index (χ3n) is 3.23. The normalized spacial score (nSPS) is 19.1. The fraction of sp³-hybridized carbons (Fsp3) is 0.615. The van der Waals surface area contributed by atoms with Crippen molar-refractivity contribution in [3.8, 4) is 0 Å². The van der Waals surface area contributed by atoms with E-state index in [2.05, 4.69) is 4.98 Å². The Hall–Kier alpha value is -1.10. The van der Waals surface area contributed by atoms with E-state index in [0.29, 0.717) is 5.69 Å². The third kappa shape index (κ3) is 3.70. The van der Waals surface area contributed by atoms with Gasteiger partial charge in [-0.3, -0.25) is 4.98 Å². The summed E-state index contributed by atoms with van der Waals surface area (Å²) in [7, 11) is 0. The molecule has 1 aliphatic rings. The summed E-state index contributed by atoms with van der Waals surface area (Å²) in [5, 5.41) is 0. The predicted octanol–water partition coefficient (Wildman–Crippen LogP) is 3.89. The minimum Gasteiger partial charge on any atom is -0.362 e. The molecule has 18 heavy (non-hydrogen) atoms. The van der Waals surface area contributed by atoms with Crippen molar-refractivity contribution in [2.24, 2.45) is 5.92 Å². The summed E-state index contributed by atoms with van der Waals surface area (Å²) >= 11 is 0. The topological polar surface area (TPSA) is 22.1 Å². The number of nitrogens with zero attached hydrogens (tertiary/aromatic N) is 1. The van der Waals surface area contributed by atoms with Crippen LogP contribution in [0, 0.1) is 5.92 Å². The van der Waals surface area contributed by atoms with Gasteiger partial charge in [0.25, 0.3) is 0 Å². The molecule has 1 aliphatic carbocycles. The molecule has 1 aromatic rings. The van der Waals surface area contributed by atoms with Crippen LogP contribution >= 0.6 is 0 Å². The Labute approximate surface area is 104 Å². The van der Waals surface area contributed by atoms with Gasteiger partial charge in [0.05, 0.1) is 5.69 Å². The van der Waals surface area contributed by atoms with E-state index in [-0.39, 0.29) is 5.92 Å². The number of halogens is 3. The molecular weight excluding hydrogens is 243 g/mol. The highest BCUT2D eigenvalue weighted by molar-refractivity contribution is 5.08. The van der Waals surface area contributed by atoms with Crippen molar-refractivity contribution in [1.29, 1.82) is 0 Å². The lowest BCUT2D eigenvalue weighted by molar-refractivity contribution is -0.191. The molecular formula is C13H16F3NO. The number of hydrogen-bond acceptors (Lipinski definition) is 2. The first-order chi connectivity index (χ1) is 8.56. The number of rotatable bonds is 4. The maximum absolute atomic E-state index is 12.3. The molecule has 5 heteroatoms. The second-order valence-electron chi connectivity index (χ2n) is 4.65. The minimum atomic E-state index is -4.29. The van der Waals surface area contributed by atoms with E-state index >= 15 is 0 Å². The van der Waals surface area contributed by atoms with Gasteiger partial charge >= 0.3 is 6.18 Å². The highest BCUT2D eigenvalue weighted by Crippen LogP contribution is 2.38. The Morgan fingerprint density at radius 1 is 1.28 bits per heavy atom. The molecule has 0 amide bonds. The van der Waals surface area contributed by atoms with Gasteiger partial charge in [0.1, 0.15) is 12.7 Å². The van der Waals surface area contributed by atoms with E-state index in [1.165, 1.54) is 0 Å². The Kier molecular flexibility index (Phi) is 4.22. The van der Waals surface area contributed by atoms with Crippen LogP contribution in [0.4, 0.5) is 13.2 Å². The lowest BCUT2D eigenvalue weighted by Gasteiger charge is -2.24. The molecule has 0 bridgehead atoms. The summed E-state index contributed by atoms with van der Waals surface area (Å²) in [6.45, 7) is -1.20.